The maximum absolute atomic E-state index is 12.7. The Bertz CT molecular complexity index is 862. The van der Waals surface area contributed by atoms with Crippen LogP contribution >= 0.6 is 0 Å². The number of para-hydroxylation sites is 1. The lowest BCUT2D eigenvalue weighted by Gasteiger charge is -2.29. The van der Waals surface area contributed by atoms with Crippen molar-refractivity contribution >= 4 is 11.6 Å². The first-order valence-electron chi connectivity index (χ1n) is 9.41. The molecule has 1 saturated heterocycles. The molecule has 2 aromatic carbocycles. The highest BCUT2D eigenvalue weighted by Gasteiger charge is 2.26. The Morgan fingerprint density at radius 2 is 1.96 bits per heavy atom. The van der Waals surface area contributed by atoms with Crippen LogP contribution < -0.4 is 10.1 Å². The van der Waals surface area contributed by atoms with E-state index in [9.17, 15) is 14.9 Å². The highest BCUT2D eigenvalue weighted by atomic mass is 16.6. The van der Waals surface area contributed by atoms with Gasteiger partial charge in [-0.05, 0) is 45.0 Å². The van der Waals surface area contributed by atoms with Crippen LogP contribution in [0.15, 0.2) is 42.5 Å². The van der Waals surface area contributed by atoms with Crippen LogP contribution in [-0.2, 0) is 0 Å². The highest BCUT2D eigenvalue weighted by Crippen LogP contribution is 2.31. The van der Waals surface area contributed by atoms with Gasteiger partial charge in [-0.15, -0.1) is 0 Å². The van der Waals surface area contributed by atoms with Gasteiger partial charge in [-0.2, -0.15) is 0 Å². The summed E-state index contributed by atoms with van der Waals surface area (Å²) < 4.78 is 5.52. The first kappa shape index (κ1) is 19.8. The Hall–Kier alpha value is -2.93. The van der Waals surface area contributed by atoms with E-state index in [0.29, 0.717) is 12.1 Å². The molecule has 1 aliphatic rings. The Labute approximate surface area is 164 Å². The smallest absolute Gasteiger partial charge is 0.273 e. The van der Waals surface area contributed by atoms with Gasteiger partial charge in [0.15, 0.2) is 0 Å². The van der Waals surface area contributed by atoms with E-state index in [1.807, 2.05) is 24.3 Å². The molecule has 1 atom stereocenters. The summed E-state index contributed by atoms with van der Waals surface area (Å²) in [6, 6.07) is 12.4. The predicted octanol–water partition coefficient (Wildman–Crippen LogP) is 3.48. The molecule has 1 amide bonds. The number of nitrogens with zero attached hydrogens (tertiary/aromatic N) is 2. The number of benzene rings is 2. The number of carbonyl (C=O) groups excluding carboxylic acids is 1. The molecular formula is C21H25N3O4. The number of aryl methyl sites for hydroxylation is 1. The molecule has 7 nitrogen and oxygen atoms in total. The van der Waals surface area contributed by atoms with E-state index in [2.05, 4.69) is 10.2 Å². The van der Waals surface area contributed by atoms with Crippen molar-refractivity contribution in [2.24, 2.45) is 0 Å². The van der Waals surface area contributed by atoms with Crippen molar-refractivity contribution in [2.45, 2.75) is 25.8 Å². The van der Waals surface area contributed by atoms with Gasteiger partial charge in [-0.3, -0.25) is 19.8 Å². The number of likely N-dealkylation sites (tertiary alicyclic amines) is 1. The molecular weight excluding hydrogens is 358 g/mol. The summed E-state index contributed by atoms with van der Waals surface area (Å²) in [5.41, 5.74) is 1.80. The van der Waals surface area contributed by atoms with Gasteiger partial charge in [0.2, 0.25) is 0 Å². The minimum atomic E-state index is -0.464. The number of amides is 1. The third-order valence-electron chi connectivity index (χ3n) is 5.20. The van der Waals surface area contributed by atoms with E-state index >= 15 is 0 Å². The molecule has 0 bridgehead atoms. The van der Waals surface area contributed by atoms with Gasteiger partial charge in [0.05, 0.1) is 18.1 Å². The van der Waals surface area contributed by atoms with Crippen LogP contribution in [0, 0.1) is 17.0 Å². The number of hydrogen-bond acceptors (Lipinski definition) is 5. The molecule has 3 rings (SSSR count). The van der Waals surface area contributed by atoms with Gasteiger partial charge in [-0.25, -0.2) is 0 Å². The van der Waals surface area contributed by atoms with Gasteiger partial charge in [-0.1, -0.05) is 24.3 Å². The fourth-order valence-corrected chi connectivity index (χ4v) is 3.67. The van der Waals surface area contributed by atoms with E-state index in [-0.39, 0.29) is 23.2 Å². The molecule has 7 heteroatoms. The number of nitro groups is 1. The van der Waals surface area contributed by atoms with Crippen LogP contribution in [-0.4, -0.2) is 42.5 Å². The Morgan fingerprint density at radius 1 is 1.25 bits per heavy atom. The topological polar surface area (TPSA) is 84.7 Å². The van der Waals surface area contributed by atoms with E-state index < -0.39 is 4.92 Å². The summed E-state index contributed by atoms with van der Waals surface area (Å²) in [4.78, 5) is 25.7. The van der Waals surface area contributed by atoms with E-state index in [0.717, 1.165) is 37.2 Å². The molecule has 0 aromatic heterocycles. The molecule has 1 fully saturated rings. The third kappa shape index (κ3) is 4.31. The van der Waals surface area contributed by atoms with Crippen LogP contribution in [0.25, 0.3) is 0 Å². The Balaban J connectivity index is 1.79. The fourth-order valence-electron chi connectivity index (χ4n) is 3.67. The van der Waals surface area contributed by atoms with Crippen LogP contribution in [0.5, 0.6) is 5.75 Å². The second kappa shape index (κ2) is 8.84. The fraction of sp³-hybridized carbons (Fsp3) is 0.381. The van der Waals surface area contributed by atoms with Gasteiger partial charge in [0.1, 0.15) is 5.75 Å². The maximum atomic E-state index is 12.7. The molecule has 148 valence electrons. The zero-order valence-corrected chi connectivity index (χ0v) is 16.2. The number of rotatable bonds is 7. The Morgan fingerprint density at radius 3 is 2.64 bits per heavy atom. The summed E-state index contributed by atoms with van der Waals surface area (Å²) in [5.74, 6) is 0.474. The molecule has 1 unspecified atom stereocenters. The number of nitrogens with one attached hydrogen (secondary N) is 1. The van der Waals surface area contributed by atoms with Crippen LogP contribution in [0.3, 0.4) is 0 Å². The molecule has 1 aliphatic heterocycles. The lowest BCUT2D eigenvalue weighted by atomic mass is 10.0. The van der Waals surface area contributed by atoms with Gasteiger partial charge in [0.25, 0.3) is 11.6 Å². The standard InChI is InChI=1S/C21H25N3O4/c1-15-9-10-16(13-18(15)24(26)27)21(25)22-14-19(23-11-5-6-12-23)17-7-3-4-8-20(17)28-2/h3-4,7-10,13,19H,5-6,11-12,14H2,1-2H3,(H,22,25). The predicted molar refractivity (Wildman–Crippen MR) is 107 cm³/mol. The number of nitro benzene ring substituents is 1. The second-order valence-corrected chi connectivity index (χ2v) is 6.97. The summed E-state index contributed by atoms with van der Waals surface area (Å²) >= 11 is 0. The van der Waals surface area contributed by atoms with Crippen molar-refractivity contribution in [1.82, 2.24) is 10.2 Å². The quantitative estimate of drug-likeness (QED) is 0.584. The molecule has 1 N–H and O–H groups in total. The maximum Gasteiger partial charge on any atom is 0.273 e. The summed E-state index contributed by atoms with van der Waals surface area (Å²) in [6.07, 6.45) is 2.26. The van der Waals surface area contributed by atoms with Crippen molar-refractivity contribution in [1.29, 1.82) is 0 Å². The van der Waals surface area contributed by atoms with Crippen molar-refractivity contribution in [3.05, 3.63) is 69.3 Å². The van der Waals surface area contributed by atoms with Gasteiger partial charge >= 0.3 is 0 Å². The largest absolute Gasteiger partial charge is 0.496 e. The zero-order valence-electron chi connectivity index (χ0n) is 16.2. The molecule has 0 saturated carbocycles. The minimum Gasteiger partial charge on any atom is -0.496 e. The normalized spacial score (nSPS) is 15.2. The number of carbonyl (C=O) groups is 1. The first-order valence-corrected chi connectivity index (χ1v) is 9.41. The van der Waals surface area contributed by atoms with E-state index in [1.165, 1.54) is 6.07 Å². The average Bonchev–Trinajstić information content (AvgIpc) is 3.23. The number of methoxy groups -OCH3 is 1. The second-order valence-electron chi connectivity index (χ2n) is 6.97. The SMILES string of the molecule is COc1ccccc1C(CNC(=O)c1ccc(C)c([N+](=O)[O-])c1)N1CCCC1. The third-order valence-corrected chi connectivity index (χ3v) is 5.20. The first-order chi connectivity index (χ1) is 13.5. The van der Waals surface area contributed by atoms with Crippen molar-refractivity contribution in [2.75, 3.05) is 26.7 Å². The molecule has 0 aliphatic carbocycles. The van der Waals surface area contributed by atoms with Gasteiger partial charge in [0, 0.05) is 29.3 Å². The van der Waals surface area contributed by atoms with Gasteiger partial charge < -0.3 is 10.1 Å². The molecule has 0 spiro atoms. The zero-order chi connectivity index (χ0) is 20.1. The molecule has 2 aromatic rings. The van der Waals surface area contributed by atoms with Crippen LogP contribution in [0.4, 0.5) is 5.69 Å². The number of hydrogen-bond donors (Lipinski definition) is 1. The van der Waals surface area contributed by atoms with E-state index in [1.54, 1.807) is 26.2 Å². The lowest BCUT2D eigenvalue weighted by Crippen LogP contribution is -2.37. The highest BCUT2D eigenvalue weighted by molar-refractivity contribution is 5.95. The van der Waals surface area contributed by atoms with Crippen molar-refractivity contribution in [3.8, 4) is 5.75 Å². The molecule has 1 heterocycles. The van der Waals surface area contributed by atoms with Crippen LogP contribution in [0.1, 0.15) is 40.4 Å². The lowest BCUT2D eigenvalue weighted by molar-refractivity contribution is -0.385. The molecule has 0 radical (unpaired) electrons. The monoisotopic (exact) mass is 383 g/mol. The summed E-state index contributed by atoms with van der Waals surface area (Å²) in [5, 5.41) is 14.1. The summed E-state index contributed by atoms with van der Waals surface area (Å²) in [6.45, 7) is 4.00. The molecule has 28 heavy (non-hydrogen) atoms. The number of ether oxygens (including phenoxy) is 1. The van der Waals surface area contributed by atoms with Crippen molar-refractivity contribution < 1.29 is 14.5 Å². The average molecular weight is 383 g/mol. The minimum absolute atomic E-state index is 0.0111. The summed E-state index contributed by atoms with van der Waals surface area (Å²) in [7, 11) is 1.64. The van der Waals surface area contributed by atoms with E-state index in [4.69, 9.17) is 4.74 Å². The Kier molecular flexibility index (Phi) is 6.26. The van der Waals surface area contributed by atoms with Crippen molar-refractivity contribution in [3.63, 3.8) is 0 Å². The van der Waals surface area contributed by atoms with Crippen LogP contribution in [0.2, 0.25) is 0 Å².